The van der Waals surface area contributed by atoms with Crippen LogP contribution in [0.1, 0.15) is 5.56 Å². The third-order valence-corrected chi connectivity index (χ3v) is 4.46. The lowest BCUT2D eigenvalue weighted by Crippen LogP contribution is -2.04. The zero-order valence-electron chi connectivity index (χ0n) is 14.1. The maximum atomic E-state index is 13.0. The highest BCUT2D eigenvalue weighted by Gasteiger charge is 2.31. The van der Waals surface area contributed by atoms with Gasteiger partial charge in [0.2, 0.25) is 5.95 Å². The predicted molar refractivity (Wildman–Crippen MR) is 103 cm³/mol. The van der Waals surface area contributed by atoms with Crippen molar-refractivity contribution in [3.05, 3.63) is 71.0 Å². The Morgan fingerprint density at radius 2 is 1.82 bits per heavy atom. The molecule has 0 bridgehead atoms. The molecule has 2 aromatic carbocycles. The summed E-state index contributed by atoms with van der Waals surface area (Å²) >= 11 is 3.15. The second kappa shape index (κ2) is 7.16. The third-order valence-electron chi connectivity index (χ3n) is 3.85. The normalized spacial score (nSPS) is 11.6. The van der Waals surface area contributed by atoms with E-state index in [0.29, 0.717) is 28.7 Å². The van der Waals surface area contributed by atoms with Gasteiger partial charge in [0, 0.05) is 16.4 Å². The van der Waals surface area contributed by atoms with Gasteiger partial charge in [0.25, 0.3) is 0 Å². The van der Waals surface area contributed by atoms with Crippen molar-refractivity contribution in [3.8, 4) is 11.5 Å². The molecule has 5 nitrogen and oxygen atoms in total. The summed E-state index contributed by atoms with van der Waals surface area (Å²) in [5.74, 6) is 1.57. The largest absolute Gasteiger partial charge is 0.456 e. The Morgan fingerprint density at radius 1 is 1.04 bits per heavy atom. The van der Waals surface area contributed by atoms with Crippen LogP contribution in [0, 0.1) is 0 Å². The standard InChI is InChI=1S/C19H12BrF3N4O/c20-15-8-11(19(21,22)23)9-16-17(15)27-18(26-16)25-12-3-5-13(6-4-12)28-14-2-1-7-24-10-14/h1-10H,(H2,25,26,27). The van der Waals surface area contributed by atoms with Crippen LogP contribution in [-0.4, -0.2) is 15.0 Å². The molecule has 0 saturated carbocycles. The number of benzene rings is 2. The number of hydrogen-bond donors (Lipinski definition) is 2. The molecule has 0 spiro atoms. The Morgan fingerprint density at radius 3 is 2.50 bits per heavy atom. The number of aromatic nitrogens is 3. The van der Waals surface area contributed by atoms with E-state index in [1.54, 1.807) is 48.8 Å². The number of aromatic amines is 1. The summed E-state index contributed by atoms with van der Waals surface area (Å²) < 4.78 is 44.8. The van der Waals surface area contributed by atoms with Gasteiger partial charge in [0.1, 0.15) is 17.0 Å². The number of pyridine rings is 1. The number of ether oxygens (including phenoxy) is 1. The van der Waals surface area contributed by atoms with E-state index in [2.05, 4.69) is 36.2 Å². The van der Waals surface area contributed by atoms with E-state index in [4.69, 9.17) is 4.74 Å². The fourth-order valence-electron chi connectivity index (χ4n) is 2.58. The second-order valence-corrected chi connectivity index (χ2v) is 6.73. The summed E-state index contributed by atoms with van der Waals surface area (Å²) in [7, 11) is 0. The number of imidazole rings is 1. The van der Waals surface area contributed by atoms with Crippen LogP contribution < -0.4 is 10.1 Å². The molecule has 0 unspecified atom stereocenters. The fourth-order valence-corrected chi connectivity index (χ4v) is 3.13. The van der Waals surface area contributed by atoms with Crippen molar-refractivity contribution in [3.63, 3.8) is 0 Å². The van der Waals surface area contributed by atoms with Crippen LogP contribution in [0.3, 0.4) is 0 Å². The number of alkyl halides is 3. The first-order chi connectivity index (χ1) is 13.4. The van der Waals surface area contributed by atoms with Crippen molar-refractivity contribution in [1.82, 2.24) is 15.0 Å². The number of anilines is 2. The minimum atomic E-state index is -4.43. The Balaban J connectivity index is 1.54. The van der Waals surface area contributed by atoms with Crippen molar-refractivity contribution >= 4 is 38.6 Å². The van der Waals surface area contributed by atoms with E-state index in [-0.39, 0.29) is 9.99 Å². The molecular formula is C19H12BrF3N4O. The Hall–Kier alpha value is -3.07. The van der Waals surface area contributed by atoms with Gasteiger partial charge in [0.05, 0.1) is 17.3 Å². The van der Waals surface area contributed by atoms with Gasteiger partial charge < -0.3 is 15.0 Å². The second-order valence-electron chi connectivity index (χ2n) is 5.88. The number of rotatable bonds is 4. The molecule has 0 saturated heterocycles. The van der Waals surface area contributed by atoms with E-state index in [0.717, 1.165) is 12.1 Å². The maximum absolute atomic E-state index is 13.0. The Kier molecular flexibility index (Phi) is 4.68. The zero-order chi connectivity index (χ0) is 19.7. The molecule has 28 heavy (non-hydrogen) atoms. The first kappa shape index (κ1) is 18.3. The fraction of sp³-hybridized carbons (Fsp3) is 0.0526. The highest BCUT2D eigenvalue weighted by Crippen LogP contribution is 2.35. The van der Waals surface area contributed by atoms with E-state index < -0.39 is 11.7 Å². The summed E-state index contributed by atoms with van der Waals surface area (Å²) in [6.07, 6.45) is -1.17. The SMILES string of the molecule is FC(F)(F)c1cc(Br)c2nc(Nc3ccc(Oc4cccnc4)cc3)[nH]c2c1. The summed E-state index contributed by atoms with van der Waals surface area (Å²) in [5, 5.41) is 3.03. The summed E-state index contributed by atoms with van der Waals surface area (Å²) in [6.45, 7) is 0. The number of nitrogens with one attached hydrogen (secondary N) is 2. The van der Waals surface area contributed by atoms with Crippen LogP contribution >= 0.6 is 15.9 Å². The van der Waals surface area contributed by atoms with Gasteiger partial charge in [-0.2, -0.15) is 13.2 Å². The summed E-state index contributed by atoms with van der Waals surface area (Å²) in [5.41, 5.74) is 0.636. The molecule has 4 rings (SSSR count). The molecule has 0 amide bonds. The molecule has 2 heterocycles. The molecule has 4 aromatic rings. The van der Waals surface area contributed by atoms with Crippen molar-refractivity contribution in [2.24, 2.45) is 0 Å². The molecule has 142 valence electrons. The molecule has 0 aliphatic rings. The first-order valence-electron chi connectivity index (χ1n) is 8.10. The molecule has 0 aliphatic carbocycles. The Labute approximate surface area is 165 Å². The highest BCUT2D eigenvalue weighted by molar-refractivity contribution is 9.10. The highest BCUT2D eigenvalue weighted by atomic mass is 79.9. The summed E-state index contributed by atoms with van der Waals surface area (Å²) in [6, 6.07) is 12.7. The molecule has 2 aromatic heterocycles. The van der Waals surface area contributed by atoms with Gasteiger partial charge in [-0.25, -0.2) is 4.98 Å². The lowest BCUT2D eigenvalue weighted by atomic mass is 10.2. The average Bonchev–Trinajstić information content (AvgIpc) is 3.07. The number of H-pyrrole nitrogens is 1. The van der Waals surface area contributed by atoms with Gasteiger partial charge in [-0.05, 0) is 64.5 Å². The van der Waals surface area contributed by atoms with E-state index in [9.17, 15) is 13.2 Å². The van der Waals surface area contributed by atoms with Crippen molar-refractivity contribution < 1.29 is 17.9 Å². The van der Waals surface area contributed by atoms with Crippen LogP contribution in [0.4, 0.5) is 24.8 Å². The van der Waals surface area contributed by atoms with Crippen LogP contribution in [-0.2, 0) is 6.18 Å². The lowest BCUT2D eigenvalue weighted by Gasteiger charge is -2.07. The molecule has 9 heteroatoms. The van der Waals surface area contributed by atoms with Crippen LogP contribution in [0.2, 0.25) is 0 Å². The molecule has 2 N–H and O–H groups in total. The first-order valence-corrected chi connectivity index (χ1v) is 8.89. The van der Waals surface area contributed by atoms with Crippen LogP contribution in [0.15, 0.2) is 65.4 Å². The maximum Gasteiger partial charge on any atom is 0.416 e. The minimum absolute atomic E-state index is 0.266. The van der Waals surface area contributed by atoms with Gasteiger partial charge in [-0.15, -0.1) is 0 Å². The number of halogens is 4. The smallest absolute Gasteiger partial charge is 0.416 e. The molecule has 0 fully saturated rings. The quantitative estimate of drug-likeness (QED) is 0.385. The minimum Gasteiger partial charge on any atom is -0.456 e. The van der Waals surface area contributed by atoms with Crippen LogP contribution in [0.25, 0.3) is 11.0 Å². The van der Waals surface area contributed by atoms with Crippen LogP contribution in [0.5, 0.6) is 11.5 Å². The number of fused-ring (bicyclic) bond motifs is 1. The molecule has 0 radical (unpaired) electrons. The van der Waals surface area contributed by atoms with Gasteiger partial charge >= 0.3 is 6.18 Å². The number of hydrogen-bond acceptors (Lipinski definition) is 4. The molecule has 0 atom stereocenters. The average molecular weight is 449 g/mol. The topological polar surface area (TPSA) is 62.8 Å². The molecular weight excluding hydrogens is 437 g/mol. The number of nitrogens with zero attached hydrogens (tertiary/aromatic N) is 2. The predicted octanol–water partition coefficient (Wildman–Crippen LogP) is 6.28. The van der Waals surface area contributed by atoms with Gasteiger partial charge in [-0.3, -0.25) is 4.98 Å². The van der Waals surface area contributed by atoms with E-state index in [1.165, 1.54) is 0 Å². The van der Waals surface area contributed by atoms with E-state index in [1.807, 2.05) is 0 Å². The third kappa shape index (κ3) is 3.94. The summed E-state index contributed by atoms with van der Waals surface area (Å²) in [4.78, 5) is 11.1. The van der Waals surface area contributed by atoms with Gasteiger partial charge in [0.15, 0.2) is 0 Å². The van der Waals surface area contributed by atoms with Crippen molar-refractivity contribution in [2.45, 2.75) is 6.18 Å². The Bertz CT molecular complexity index is 1110. The molecule has 0 aliphatic heterocycles. The van der Waals surface area contributed by atoms with Crippen molar-refractivity contribution in [2.75, 3.05) is 5.32 Å². The van der Waals surface area contributed by atoms with Crippen molar-refractivity contribution in [1.29, 1.82) is 0 Å². The van der Waals surface area contributed by atoms with E-state index >= 15 is 0 Å². The van der Waals surface area contributed by atoms with Gasteiger partial charge in [-0.1, -0.05) is 0 Å². The monoisotopic (exact) mass is 448 g/mol. The zero-order valence-corrected chi connectivity index (χ0v) is 15.7. The lowest BCUT2D eigenvalue weighted by molar-refractivity contribution is -0.137.